The third-order valence-electron chi connectivity index (χ3n) is 6.28. The number of nitrogens with one attached hydrogen (secondary N) is 1. The summed E-state index contributed by atoms with van der Waals surface area (Å²) in [6.07, 6.45) is 1.72. The van der Waals surface area contributed by atoms with Crippen LogP contribution >= 0.6 is 23.2 Å². The fourth-order valence-electron chi connectivity index (χ4n) is 3.93. The number of benzene rings is 3. The summed E-state index contributed by atoms with van der Waals surface area (Å²) in [5.41, 5.74) is 1.93. The number of hydrogen-bond donors (Lipinski definition) is 1. The van der Waals surface area contributed by atoms with Crippen molar-refractivity contribution in [3.63, 3.8) is 0 Å². The first-order valence-electron chi connectivity index (χ1n) is 12.7. The van der Waals surface area contributed by atoms with Crippen molar-refractivity contribution in [1.82, 2.24) is 10.2 Å². The first-order chi connectivity index (χ1) is 18.6. The normalized spacial score (nSPS) is 12.0. The lowest BCUT2D eigenvalue weighted by Crippen LogP contribution is -2.51. The van der Waals surface area contributed by atoms with Crippen LogP contribution in [0.4, 0.5) is 5.69 Å². The van der Waals surface area contributed by atoms with E-state index in [1.165, 1.54) is 29.2 Å². The highest BCUT2D eigenvalue weighted by Crippen LogP contribution is 2.35. The Hall–Kier alpha value is -3.07. The predicted octanol–water partition coefficient (Wildman–Crippen LogP) is 5.83. The summed E-state index contributed by atoms with van der Waals surface area (Å²) in [6.45, 7) is 5.62. The van der Waals surface area contributed by atoms with E-state index in [2.05, 4.69) is 5.32 Å². The van der Waals surface area contributed by atoms with Crippen LogP contribution in [0.2, 0.25) is 10.0 Å². The van der Waals surface area contributed by atoms with Crippen LogP contribution < -0.4 is 9.62 Å². The molecule has 3 aromatic rings. The average Bonchev–Trinajstić information content (AvgIpc) is 2.93. The summed E-state index contributed by atoms with van der Waals surface area (Å²) in [5.74, 6) is -0.883. The summed E-state index contributed by atoms with van der Waals surface area (Å²) in [4.78, 5) is 28.3. The molecule has 0 aliphatic rings. The standard InChI is InChI=1S/C29H33Cl2N3O4S/c1-4-5-18-32-29(36)22(3)33(19-23-16-14-21(2)15-17-23)27(35)20-34(26-13-9-12-25(30)28(26)31)39(37,38)24-10-7-6-8-11-24/h6-17,22H,4-5,18-20H2,1-3H3,(H,32,36)/t22-/m0/s1. The lowest BCUT2D eigenvalue weighted by atomic mass is 10.1. The molecule has 0 aromatic heterocycles. The molecule has 208 valence electrons. The number of sulfonamides is 1. The molecule has 0 fully saturated rings. The summed E-state index contributed by atoms with van der Waals surface area (Å²) in [6, 6.07) is 19.1. The lowest BCUT2D eigenvalue weighted by Gasteiger charge is -2.32. The number of nitrogens with zero attached hydrogens (tertiary/aromatic N) is 2. The second-order valence-corrected chi connectivity index (χ2v) is 11.9. The van der Waals surface area contributed by atoms with Crippen LogP contribution in [0.5, 0.6) is 0 Å². The van der Waals surface area contributed by atoms with Gasteiger partial charge in [-0.1, -0.05) is 90.6 Å². The maximum atomic E-state index is 13.9. The van der Waals surface area contributed by atoms with E-state index in [-0.39, 0.29) is 33.1 Å². The van der Waals surface area contributed by atoms with E-state index in [4.69, 9.17) is 23.2 Å². The molecule has 39 heavy (non-hydrogen) atoms. The smallest absolute Gasteiger partial charge is 0.264 e. The summed E-state index contributed by atoms with van der Waals surface area (Å²) in [7, 11) is -4.22. The summed E-state index contributed by atoms with van der Waals surface area (Å²) >= 11 is 12.7. The Morgan fingerprint density at radius 2 is 1.62 bits per heavy atom. The van der Waals surface area contributed by atoms with Gasteiger partial charge < -0.3 is 10.2 Å². The SMILES string of the molecule is CCCCNC(=O)[C@H](C)N(Cc1ccc(C)cc1)C(=O)CN(c1cccc(Cl)c1Cl)S(=O)(=O)c1ccccc1. The average molecular weight is 591 g/mol. The summed E-state index contributed by atoms with van der Waals surface area (Å²) in [5, 5.41) is 3.02. The number of amides is 2. The highest BCUT2D eigenvalue weighted by atomic mass is 35.5. The van der Waals surface area contributed by atoms with Gasteiger partial charge in [0, 0.05) is 13.1 Å². The predicted molar refractivity (Wildman–Crippen MR) is 157 cm³/mol. The lowest BCUT2D eigenvalue weighted by molar-refractivity contribution is -0.139. The van der Waals surface area contributed by atoms with Gasteiger partial charge in [-0.15, -0.1) is 0 Å². The van der Waals surface area contributed by atoms with Crippen LogP contribution in [0.25, 0.3) is 0 Å². The number of carbonyl (C=O) groups is 2. The van der Waals surface area contributed by atoms with E-state index in [9.17, 15) is 18.0 Å². The number of carbonyl (C=O) groups excluding carboxylic acids is 2. The first-order valence-corrected chi connectivity index (χ1v) is 14.9. The van der Waals surface area contributed by atoms with Gasteiger partial charge in [0.2, 0.25) is 11.8 Å². The fraction of sp³-hybridized carbons (Fsp3) is 0.310. The minimum atomic E-state index is -4.22. The molecule has 0 saturated carbocycles. The maximum Gasteiger partial charge on any atom is 0.264 e. The Morgan fingerprint density at radius 1 is 0.949 bits per heavy atom. The van der Waals surface area contributed by atoms with Crippen molar-refractivity contribution in [1.29, 1.82) is 0 Å². The van der Waals surface area contributed by atoms with Gasteiger partial charge in [0.05, 0.1) is 20.6 Å². The molecule has 1 atom stereocenters. The minimum Gasteiger partial charge on any atom is -0.354 e. The quantitative estimate of drug-likeness (QED) is 0.269. The second kappa shape index (κ2) is 13.8. The van der Waals surface area contributed by atoms with Crippen LogP contribution in [0.15, 0.2) is 77.7 Å². The van der Waals surface area contributed by atoms with Crippen molar-refractivity contribution in [3.8, 4) is 0 Å². The molecule has 10 heteroatoms. The number of hydrogen-bond acceptors (Lipinski definition) is 4. The van der Waals surface area contributed by atoms with Gasteiger partial charge in [-0.3, -0.25) is 13.9 Å². The van der Waals surface area contributed by atoms with Gasteiger partial charge in [0.25, 0.3) is 10.0 Å². The van der Waals surface area contributed by atoms with Crippen molar-refractivity contribution in [2.45, 2.75) is 51.1 Å². The van der Waals surface area contributed by atoms with Crippen LogP contribution in [0, 0.1) is 6.92 Å². The van der Waals surface area contributed by atoms with Crippen LogP contribution in [0.1, 0.15) is 37.8 Å². The van der Waals surface area contributed by atoms with Crippen molar-refractivity contribution >= 4 is 50.7 Å². The largest absolute Gasteiger partial charge is 0.354 e. The van der Waals surface area contributed by atoms with Crippen molar-refractivity contribution < 1.29 is 18.0 Å². The Bertz CT molecular complexity index is 1380. The van der Waals surface area contributed by atoms with E-state index in [0.717, 1.165) is 28.3 Å². The van der Waals surface area contributed by atoms with E-state index in [0.29, 0.717) is 6.54 Å². The highest BCUT2D eigenvalue weighted by Gasteiger charge is 2.33. The molecule has 0 saturated heterocycles. The minimum absolute atomic E-state index is 0.00177. The van der Waals surface area contributed by atoms with Gasteiger partial charge in [-0.05, 0) is 50.1 Å². The second-order valence-electron chi connectivity index (χ2n) is 9.23. The Morgan fingerprint density at radius 3 is 2.26 bits per heavy atom. The Labute approximate surface area is 240 Å². The van der Waals surface area contributed by atoms with Crippen molar-refractivity contribution in [2.75, 3.05) is 17.4 Å². The molecule has 7 nitrogen and oxygen atoms in total. The molecule has 3 aromatic carbocycles. The molecular weight excluding hydrogens is 557 g/mol. The van der Waals surface area contributed by atoms with E-state index in [1.54, 1.807) is 31.2 Å². The molecule has 0 spiro atoms. The van der Waals surface area contributed by atoms with Crippen molar-refractivity contribution in [2.24, 2.45) is 0 Å². The highest BCUT2D eigenvalue weighted by molar-refractivity contribution is 7.92. The van der Waals surface area contributed by atoms with Gasteiger partial charge in [-0.2, -0.15) is 0 Å². The van der Waals surface area contributed by atoms with Gasteiger partial charge >= 0.3 is 0 Å². The zero-order valence-corrected chi connectivity index (χ0v) is 24.6. The molecular formula is C29H33Cl2N3O4S. The third-order valence-corrected chi connectivity index (χ3v) is 8.86. The maximum absolute atomic E-state index is 13.9. The monoisotopic (exact) mass is 589 g/mol. The van der Waals surface area contributed by atoms with E-state index >= 15 is 0 Å². The van der Waals surface area contributed by atoms with Crippen molar-refractivity contribution in [3.05, 3.63) is 94.0 Å². The zero-order chi connectivity index (χ0) is 28.6. The van der Waals surface area contributed by atoms with Gasteiger partial charge in [0.15, 0.2) is 0 Å². The zero-order valence-electron chi connectivity index (χ0n) is 22.2. The Kier molecular flexibility index (Phi) is 10.8. The van der Waals surface area contributed by atoms with Gasteiger partial charge in [0.1, 0.15) is 12.6 Å². The fourth-order valence-corrected chi connectivity index (χ4v) is 5.82. The number of unbranched alkanes of at least 4 members (excludes halogenated alkanes) is 1. The third kappa shape index (κ3) is 7.75. The molecule has 0 heterocycles. The molecule has 1 N–H and O–H groups in total. The Balaban J connectivity index is 2.02. The molecule has 0 radical (unpaired) electrons. The number of halogens is 2. The van der Waals surface area contributed by atoms with Crippen LogP contribution in [0.3, 0.4) is 0 Å². The first kappa shape index (κ1) is 30.5. The molecule has 0 unspecified atom stereocenters. The topological polar surface area (TPSA) is 86.8 Å². The molecule has 3 rings (SSSR count). The van der Waals surface area contributed by atoms with Gasteiger partial charge in [-0.25, -0.2) is 8.42 Å². The number of anilines is 1. The molecule has 0 aliphatic carbocycles. The molecule has 0 bridgehead atoms. The molecule has 0 aliphatic heterocycles. The van der Waals surface area contributed by atoms with E-state index < -0.39 is 28.5 Å². The summed E-state index contributed by atoms with van der Waals surface area (Å²) < 4.78 is 28.6. The number of aryl methyl sites for hydroxylation is 1. The van der Waals surface area contributed by atoms with E-state index in [1.807, 2.05) is 38.1 Å². The van der Waals surface area contributed by atoms with Crippen LogP contribution in [-0.4, -0.2) is 44.3 Å². The molecule has 2 amide bonds. The van der Waals surface area contributed by atoms with Crippen LogP contribution in [-0.2, 0) is 26.2 Å². The number of rotatable bonds is 12.